The zero-order valence-electron chi connectivity index (χ0n) is 21.4. The number of rotatable bonds is 5. The number of likely N-dealkylation sites (tertiary alicyclic amines) is 1. The topological polar surface area (TPSA) is 94.9 Å². The number of nitrogens with one attached hydrogen (secondary N) is 2. The van der Waals surface area contributed by atoms with Crippen molar-refractivity contribution < 1.29 is 19.4 Å². The number of fused-ring (bicyclic) bond motifs is 1. The number of phenolic OH excluding ortho intramolecular Hbond substituents is 1. The summed E-state index contributed by atoms with van der Waals surface area (Å²) in [4.78, 5) is 16.0. The molecule has 9 heteroatoms. The van der Waals surface area contributed by atoms with Crippen molar-refractivity contribution in [1.29, 1.82) is 5.41 Å². The highest BCUT2D eigenvalue weighted by molar-refractivity contribution is 7.12. The number of aromatic hydroxyl groups is 1. The van der Waals surface area contributed by atoms with Gasteiger partial charge in [-0.15, -0.1) is 23.7 Å². The Labute approximate surface area is 227 Å². The molecule has 0 saturated carbocycles. The van der Waals surface area contributed by atoms with Crippen LogP contribution >= 0.6 is 23.7 Å². The molecule has 1 unspecified atom stereocenters. The van der Waals surface area contributed by atoms with Crippen LogP contribution in [0.5, 0.6) is 17.2 Å². The summed E-state index contributed by atoms with van der Waals surface area (Å²) in [5.74, 6) is 2.12. The van der Waals surface area contributed by atoms with Gasteiger partial charge in [0.1, 0.15) is 29.2 Å². The van der Waals surface area contributed by atoms with Crippen molar-refractivity contribution in [2.75, 3.05) is 18.4 Å². The van der Waals surface area contributed by atoms with E-state index in [1.54, 1.807) is 4.90 Å². The third-order valence-corrected chi connectivity index (χ3v) is 8.19. The number of carbonyl (C=O) groups excluding carboxylic acids is 1. The largest absolute Gasteiger partial charge is 0.507 e. The Morgan fingerprint density at radius 1 is 1.16 bits per heavy atom. The van der Waals surface area contributed by atoms with Crippen LogP contribution in [-0.4, -0.2) is 46.5 Å². The Balaban J connectivity index is 0.00000320. The van der Waals surface area contributed by atoms with Gasteiger partial charge in [0.2, 0.25) is 0 Å². The number of carbonyl (C=O) groups is 1. The Bertz CT molecular complexity index is 1320. The number of ether oxygens (including phenoxy) is 2. The number of amidine groups is 1. The summed E-state index contributed by atoms with van der Waals surface area (Å²) in [6.07, 6.45) is 1.19. The molecule has 0 radical (unpaired) electrons. The maximum Gasteiger partial charge on any atom is 0.266 e. The molecular weight excluding hydrogens is 510 g/mol. The minimum Gasteiger partial charge on any atom is -0.507 e. The number of phenols is 1. The maximum absolute atomic E-state index is 13.4. The van der Waals surface area contributed by atoms with E-state index in [4.69, 9.17) is 14.9 Å². The van der Waals surface area contributed by atoms with Crippen molar-refractivity contribution in [3.63, 3.8) is 0 Å². The lowest BCUT2D eigenvalue weighted by molar-refractivity contribution is -0.157. The van der Waals surface area contributed by atoms with Crippen molar-refractivity contribution >= 4 is 41.2 Å². The fourth-order valence-corrected chi connectivity index (χ4v) is 5.48. The molecule has 5 rings (SSSR count). The van der Waals surface area contributed by atoms with Gasteiger partial charge in [-0.3, -0.25) is 10.2 Å². The van der Waals surface area contributed by atoms with E-state index in [0.717, 1.165) is 44.3 Å². The summed E-state index contributed by atoms with van der Waals surface area (Å²) in [5.41, 5.74) is 3.41. The maximum atomic E-state index is 13.4. The van der Waals surface area contributed by atoms with E-state index < -0.39 is 5.60 Å². The number of anilines is 1. The van der Waals surface area contributed by atoms with Crippen molar-refractivity contribution in [3.05, 3.63) is 68.9 Å². The van der Waals surface area contributed by atoms with Crippen molar-refractivity contribution in [2.45, 2.75) is 52.2 Å². The molecule has 3 N–H and O–H groups in total. The van der Waals surface area contributed by atoms with Crippen LogP contribution in [-0.2, 0) is 11.2 Å². The summed E-state index contributed by atoms with van der Waals surface area (Å²) < 4.78 is 12.4. The molecule has 1 amide bonds. The van der Waals surface area contributed by atoms with Crippen molar-refractivity contribution in [3.8, 4) is 17.2 Å². The minimum atomic E-state index is -0.932. The minimum absolute atomic E-state index is 0. The molecule has 1 aromatic heterocycles. The molecule has 2 aliphatic heterocycles. The van der Waals surface area contributed by atoms with Crippen molar-refractivity contribution in [1.82, 2.24) is 4.90 Å². The normalized spacial score (nSPS) is 18.6. The summed E-state index contributed by atoms with van der Waals surface area (Å²) in [7, 11) is 0. The average Bonchev–Trinajstić information content (AvgIpc) is 3.39. The lowest BCUT2D eigenvalue weighted by Crippen LogP contribution is -2.63. The summed E-state index contributed by atoms with van der Waals surface area (Å²) >= 11 is 1.52. The van der Waals surface area contributed by atoms with Gasteiger partial charge >= 0.3 is 0 Å². The predicted octanol–water partition coefficient (Wildman–Crippen LogP) is 5.61. The quantitative estimate of drug-likeness (QED) is 0.288. The van der Waals surface area contributed by atoms with E-state index in [9.17, 15) is 9.90 Å². The van der Waals surface area contributed by atoms with Gasteiger partial charge in [0, 0.05) is 17.7 Å². The molecular formula is C28H32ClN3O4S. The first-order valence-electron chi connectivity index (χ1n) is 12.1. The molecule has 196 valence electrons. The van der Waals surface area contributed by atoms with Gasteiger partial charge in [-0.2, -0.15) is 0 Å². The van der Waals surface area contributed by atoms with Crippen LogP contribution in [0.2, 0.25) is 0 Å². The van der Waals surface area contributed by atoms with E-state index in [1.165, 1.54) is 11.3 Å². The van der Waals surface area contributed by atoms with Gasteiger partial charge in [-0.25, -0.2) is 0 Å². The third-order valence-electron chi connectivity index (χ3n) is 7.30. The van der Waals surface area contributed by atoms with Crippen LogP contribution in [0.3, 0.4) is 0 Å². The Hall–Kier alpha value is -3.23. The molecule has 3 heterocycles. The first-order chi connectivity index (χ1) is 17.2. The second-order valence-corrected chi connectivity index (χ2v) is 10.8. The van der Waals surface area contributed by atoms with E-state index in [0.29, 0.717) is 37.5 Å². The number of benzene rings is 2. The fourth-order valence-electron chi connectivity index (χ4n) is 4.85. The van der Waals surface area contributed by atoms with Gasteiger partial charge in [-0.05, 0) is 86.5 Å². The number of halogens is 1. The second kappa shape index (κ2) is 10.3. The standard InChI is InChI=1S/C28H31N3O4S.ClH/c1-16-17(2)25-22(18(3)24(16)32)11-12-28(4,35-25)27(33)31-14-21(15-31)34-20-9-7-19(8-10-20)30-26(29)23-6-5-13-36-23;/h5-10,13,21,32H,11-12,14-15H2,1-4H3,(H2,29,30);1H. The number of thiophene rings is 1. The van der Waals surface area contributed by atoms with Gasteiger partial charge in [0.15, 0.2) is 5.60 Å². The first-order valence-corrected chi connectivity index (χ1v) is 13.0. The van der Waals surface area contributed by atoms with Crippen LogP contribution in [0.15, 0.2) is 41.8 Å². The van der Waals surface area contributed by atoms with Gasteiger partial charge < -0.3 is 24.8 Å². The summed E-state index contributed by atoms with van der Waals surface area (Å²) in [6.45, 7) is 8.61. The molecule has 0 spiro atoms. The molecule has 2 aliphatic rings. The lowest BCUT2D eigenvalue weighted by Gasteiger charge is -2.45. The summed E-state index contributed by atoms with van der Waals surface area (Å²) in [5, 5.41) is 23.6. The number of hydrogen-bond donors (Lipinski definition) is 3. The molecule has 2 aromatic carbocycles. The molecule has 3 aromatic rings. The van der Waals surface area contributed by atoms with Crippen LogP contribution in [0.4, 0.5) is 5.69 Å². The van der Waals surface area contributed by atoms with Crippen LogP contribution in [0, 0.1) is 26.2 Å². The molecule has 1 atom stereocenters. The number of nitrogens with zero attached hydrogens (tertiary/aromatic N) is 1. The zero-order valence-corrected chi connectivity index (χ0v) is 23.0. The fraction of sp³-hybridized carbons (Fsp3) is 0.357. The highest BCUT2D eigenvalue weighted by Gasteiger charge is 2.46. The van der Waals surface area contributed by atoms with Gasteiger partial charge in [-0.1, -0.05) is 6.07 Å². The molecule has 1 saturated heterocycles. The monoisotopic (exact) mass is 541 g/mol. The van der Waals surface area contributed by atoms with E-state index in [2.05, 4.69) is 5.32 Å². The molecule has 7 nitrogen and oxygen atoms in total. The van der Waals surface area contributed by atoms with E-state index in [1.807, 2.05) is 69.5 Å². The Kier molecular flexibility index (Phi) is 7.44. The van der Waals surface area contributed by atoms with Crippen LogP contribution in [0.1, 0.15) is 40.5 Å². The molecule has 37 heavy (non-hydrogen) atoms. The van der Waals surface area contributed by atoms with Crippen LogP contribution < -0.4 is 14.8 Å². The van der Waals surface area contributed by atoms with Gasteiger partial charge in [0.25, 0.3) is 5.91 Å². The average molecular weight is 542 g/mol. The lowest BCUT2D eigenvalue weighted by atomic mass is 9.86. The molecule has 0 bridgehead atoms. The number of amides is 1. The first kappa shape index (κ1) is 26.8. The van der Waals surface area contributed by atoms with Crippen LogP contribution in [0.25, 0.3) is 0 Å². The second-order valence-electron chi connectivity index (χ2n) is 9.82. The molecule has 0 aliphatic carbocycles. The zero-order chi connectivity index (χ0) is 25.6. The third kappa shape index (κ3) is 5.00. The smallest absolute Gasteiger partial charge is 0.266 e. The SMILES string of the molecule is Cc1c(C)c2c(c(C)c1O)CCC(C)(C(=O)N1CC(Oc3ccc(NC(=N)c4cccs4)cc3)C1)O2.Cl. The highest BCUT2D eigenvalue weighted by atomic mass is 35.5. The molecule has 1 fully saturated rings. The van der Waals surface area contributed by atoms with Gasteiger partial charge in [0.05, 0.1) is 18.0 Å². The van der Waals surface area contributed by atoms with Crippen molar-refractivity contribution in [2.24, 2.45) is 0 Å². The van der Waals surface area contributed by atoms with E-state index in [-0.39, 0.29) is 24.4 Å². The Morgan fingerprint density at radius 2 is 1.86 bits per heavy atom. The predicted molar refractivity (Wildman–Crippen MR) is 149 cm³/mol. The highest BCUT2D eigenvalue weighted by Crippen LogP contribution is 2.44. The van der Waals surface area contributed by atoms with E-state index >= 15 is 0 Å². The number of hydrogen-bond acceptors (Lipinski definition) is 6. The summed E-state index contributed by atoms with van der Waals surface area (Å²) in [6, 6.07) is 11.4. The Morgan fingerprint density at radius 3 is 2.51 bits per heavy atom.